The molecule has 1 aliphatic rings. The van der Waals surface area contributed by atoms with Gasteiger partial charge in [-0.1, -0.05) is 32.0 Å². The van der Waals surface area contributed by atoms with E-state index >= 15 is 0 Å². The molecule has 2 heterocycles. The lowest BCUT2D eigenvalue weighted by Crippen LogP contribution is -2.42. The van der Waals surface area contributed by atoms with Crippen molar-refractivity contribution in [3.05, 3.63) is 75.6 Å². The van der Waals surface area contributed by atoms with E-state index in [-0.39, 0.29) is 5.52 Å². The number of aromatic amines is 1. The molecule has 0 fully saturated rings. The van der Waals surface area contributed by atoms with Crippen LogP contribution in [0.3, 0.4) is 0 Å². The van der Waals surface area contributed by atoms with Crippen molar-refractivity contribution >= 4 is 16.6 Å². The van der Waals surface area contributed by atoms with Crippen LogP contribution in [0.25, 0.3) is 10.9 Å². The molecule has 0 saturated heterocycles. The van der Waals surface area contributed by atoms with Gasteiger partial charge in [-0.25, -0.2) is 8.78 Å². The van der Waals surface area contributed by atoms with E-state index in [1.807, 2.05) is 12.1 Å². The Hall–Kier alpha value is -2.69. The molecular weight excluding hydrogens is 346 g/mol. The van der Waals surface area contributed by atoms with Crippen molar-refractivity contribution in [2.75, 3.05) is 4.90 Å². The molecule has 27 heavy (non-hydrogen) atoms. The molecular formula is C22H22F2N2O. The number of nitrogens with zero attached hydrogens (tertiary/aromatic N) is 1. The molecule has 1 N–H and O–H groups in total. The van der Waals surface area contributed by atoms with Crippen molar-refractivity contribution < 1.29 is 8.78 Å². The third kappa shape index (κ3) is 3.11. The van der Waals surface area contributed by atoms with Crippen LogP contribution in [0.2, 0.25) is 0 Å². The van der Waals surface area contributed by atoms with Gasteiger partial charge in [0, 0.05) is 29.7 Å². The van der Waals surface area contributed by atoms with Gasteiger partial charge in [-0.05, 0) is 48.1 Å². The summed E-state index contributed by atoms with van der Waals surface area (Å²) in [5.41, 5.74) is 2.64. The Morgan fingerprint density at radius 2 is 1.96 bits per heavy atom. The smallest absolute Gasteiger partial charge is 0.248 e. The molecule has 2 aromatic carbocycles. The zero-order valence-corrected chi connectivity index (χ0v) is 15.4. The first kappa shape index (κ1) is 17.7. The summed E-state index contributed by atoms with van der Waals surface area (Å²) in [4.78, 5) is 16.9. The highest BCUT2D eigenvalue weighted by Gasteiger charge is 2.29. The molecule has 1 aromatic heterocycles. The molecule has 3 aromatic rings. The number of aromatic nitrogens is 1. The van der Waals surface area contributed by atoms with Crippen LogP contribution in [0, 0.1) is 17.6 Å². The van der Waals surface area contributed by atoms with Gasteiger partial charge < -0.3 is 9.88 Å². The highest BCUT2D eigenvalue weighted by Crippen LogP contribution is 2.35. The van der Waals surface area contributed by atoms with Crippen LogP contribution >= 0.6 is 0 Å². The summed E-state index contributed by atoms with van der Waals surface area (Å²) >= 11 is 0. The molecule has 0 saturated carbocycles. The number of hydrogen-bond acceptors (Lipinski definition) is 2. The second-order valence-electron chi connectivity index (χ2n) is 7.55. The number of fused-ring (bicyclic) bond motifs is 2. The normalized spacial score (nSPS) is 16.8. The number of H-pyrrole nitrogens is 1. The lowest BCUT2D eigenvalue weighted by molar-refractivity contribution is 0.412. The largest absolute Gasteiger partial charge is 0.364 e. The highest BCUT2D eigenvalue weighted by atomic mass is 19.2. The van der Waals surface area contributed by atoms with Crippen LogP contribution in [0.5, 0.6) is 0 Å². The zero-order valence-electron chi connectivity index (χ0n) is 15.4. The minimum atomic E-state index is -1.01. The Labute approximate surface area is 156 Å². The molecule has 1 aliphatic heterocycles. The second-order valence-corrected chi connectivity index (χ2v) is 7.55. The van der Waals surface area contributed by atoms with Crippen LogP contribution in [-0.4, -0.2) is 11.0 Å². The number of pyridine rings is 1. The highest BCUT2D eigenvalue weighted by molar-refractivity contribution is 5.83. The van der Waals surface area contributed by atoms with E-state index in [2.05, 4.69) is 35.9 Å². The monoisotopic (exact) mass is 368 g/mol. The van der Waals surface area contributed by atoms with Crippen molar-refractivity contribution in [2.24, 2.45) is 5.92 Å². The van der Waals surface area contributed by atoms with Crippen molar-refractivity contribution in [1.29, 1.82) is 0 Å². The van der Waals surface area contributed by atoms with Gasteiger partial charge in [-0.3, -0.25) is 4.79 Å². The van der Waals surface area contributed by atoms with Crippen molar-refractivity contribution in [1.82, 2.24) is 4.98 Å². The number of hydrogen-bond donors (Lipinski definition) is 1. The van der Waals surface area contributed by atoms with E-state index in [1.54, 1.807) is 6.07 Å². The van der Waals surface area contributed by atoms with Crippen LogP contribution in [-0.2, 0) is 13.0 Å². The lowest BCUT2D eigenvalue weighted by atomic mass is 9.88. The van der Waals surface area contributed by atoms with Gasteiger partial charge >= 0.3 is 0 Å². The molecule has 5 heteroatoms. The lowest BCUT2D eigenvalue weighted by Gasteiger charge is -2.41. The van der Waals surface area contributed by atoms with Crippen LogP contribution in [0.1, 0.15) is 31.4 Å². The Morgan fingerprint density at radius 3 is 2.74 bits per heavy atom. The van der Waals surface area contributed by atoms with Gasteiger partial charge in [0.2, 0.25) is 5.56 Å². The number of para-hydroxylation sites is 1. The summed E-state index contributed by atoms with van der Waals surface area (Å²) in [5.74, 6) is -1.54. The number of anilines is 1. The summed E-state index contributed by atoms with van der Waals surface area (Å²) in [6.07, 6.45) is 2.05. The summed E-state index contributed by atoms with van der Waals surface area (Å²) in [5, 5.41) is 0.541. The Kier molecular flexibility index (Phi) is 4.46. The summed E-state index contributed by atoms with van der Waals surface area (Å²) in [7, 11) is 0. The maximum absolute atomic E-state index is 14.2. The Balaban J connectivity index is 1.85. The fourth-order valence-corrected chi connectivity index (χ4v) is 4.19. The van der Waals surface area contributed by atoms with Crippen molar-refractivity contribution in [2.45, 2.75) is 39.3 Å². The van der Waals surface area contributed by atoms with Gasteiger partial charge in [0.15, 0.2) is 11.6 Å². The Bertz CT molecular complexity index is 1060. The second kappa shape index (κ2) is 6.80. The number of halogens is 2. The van der Waals surface area contributed by atoms with Gasteiger partial charge in [-0.15, -0.1) is 0 Å². The molecule has 3 nitrogen and oxygen atoms in total. The summed E-state index contributed by atoms with van der Waals surface area (Å²) < 4.78 is 27.9. The fourth-order valence-electron chi connectivity index (χ4n) is 4.19. The molecule has 0 amide bonds. The average molecular weight is 368 g/mol. The molecule has 0 bridgehead atoms. The first-order chi connectivity index (χ1) is 13.0. The Morgan fingerprint density at radius 1 is 1.19 bits per heavy atom. The number of aryl methyl sites for hydroxylation is 1. The molecule has 1 unspecified atom stereocenters. The molecule has 0 aliphatic carbocycles. The summed E-state index contributed by atoms with van der Waals surface area (Å²) in [6.45, 7) is 4.86. The van der Waals surface area contributed by atoms with E-state index in [0.29, 0.717) is 29.5 Å². The van der Waals surface area contributed by atoms with Crippen LogP contribution < -0.4 is 10.5 Å². The van der Waals surface area contributed by atoms with Gasteiger partial charge in [0.05, 0.1) is 5.52 Å². The molecule has 0 spiro atoms. The molecule has 0 radical (unpaired) electrons. The van der Waals surface area contributed by atoms with Crippen LogP contribution in [0.4, 0.5) is 14.5 Å². The molecule has 4 rings (SSSR count). The van der Waals surface area contributed by atoms with E-state index in [9.17, 15) is 13.6 Å². The standard InChI is InChI=1S/C22H22F2N2O/c1-13(2)18-10-7-14-5-3-4-6-19(14)26(18)12-15-11-20(27)25-22-16(15)8-9-17(23)21(22)24/h3-6,8-9,11,13,18H,7,10,12H2,1-2H3,(H,25,27). The zero-order chi connectivity index (χ0) is 19.1. The maximum Gasteiger partial charge on any atom is 0.248 e. The van der Waals surface area contributed by atoms with Crippen molar-refractivity contribution in [3.8, 4) is 0 Å². The fraction of sp³-hybridized carbons (Fsp3) is 0.318. The van der Waals surface area contributed by atoms with Gasteiger partial charge in [-0.2, -0.15) is 0 Å². The quantitative estimate of drug-likeness (QED) is 0.722. The maximum atomic E-state index is 14.2. The first-order valence-electron chi connectivity index (χ1n) is 9.30. The summed E-state index contributed by atoms with van der Waals surface area (Å²) in [6, 6.07) is 12.7. The van der Waals surface area contributed by atoms with Gasteiger partial charge in [0.1, 0.15) is 0 Å². The van der Waals surface area contributed by atoms with Crippen LogP contribution in [0.15, 0.2) is 47.3 Å². The SMILES string of the molecule is CC(C)C1CCc2ccccc2N1Cc1cc(=O)[nH]c2c(F)c(F)ccc12. The first-order valence-corrected chi connectivity index (χ1v) is 9.30. The van der Waals surface area contributed by atoms with E-state index in [4.69, 9.17) is 0 Å². The number of nitrogens with one attached hydrogen (secondary N) is 1. The minimum absolute atomic E-state index is 0.0658. The average Bonchev–Trinajstić information content (AvgIpc) is 2.65. The number of benzene rings is 2. The number of rotatable bonds is 3. The molecule has 1 atom stereocenters. The van der Waals surface area contributed by atoms with E-state index in [1.165, 1.54) is 11.6 Å². The van der Waals surface area contributed by atoms with Crippen molar-refractivity contribution in [3.63, 3.8) is 0 Å². The minimum Gasteiger partial charge on any atom is -0.364 e. The predicted octanol–water partition coefficient (Wildman–Crippen LogP) is 4.78. The van der Waals surface area contributed by atoms with E-state index in [0.717, 1.165) is 24.6 Å². The molecule has 140 valence electrons. The topological polar surface area (TPSA) is 36.1 Å². The predicted molar refractivity (Wildman–Crippen MR) is 104 cm³/mol. The van der Waals surface area contributed by atoms with Gasteiger partial charge in [0.25, 0.3) is 0 Å². The van der Waals surface area contributed by atoms with E-state index < -0.39 is 17.2 Å². The third-order valence-electron chi connectivity index (χ3n) is 5.52. The third-order valence-corrected chi connectivity index (χ3v) is 5.52.